The highest BCUT2D eigenvalue weighted by Crippen LogP contribution is 2.38. The van der Waals surface area contributed by atoms with E-state index in [0.717, 1.165) is 6.07 Å². The van der Waals surface area contributed by atoms with Gasteiger partial charge in [0, 0.05) is 11.3 Å². The molecule has 0 spiro atoms. The van der Waals surface area contributed by atoms with Crippen LogP contribution in [0.4, 0.5) is 10.1 Å². The minimum absolute atomic E-state index is 0.0500. The molecule has 0 saturated carbocycles. The van der Waals surface area contributed by atoms with Gasteiger partial charge in [-0.15, -0.1) is 0 Å². The fourth-order valence-electron chi connectivity index (χ4n) is 1.96. The number of halogens is 2. The minimum Gasteiger partial charge on any atom is -0.495 e. The molecule has 0 bridgehead atoms. The van der Waals surface area contributed by atoms with Crippen LogP contribution in [0.2, 0.25) is 5.02 Å². The van der Waals surface area contributed by atoms with E-state index in [1.54, 1.807) is 6.07 Å². The van der Waals surface area contributed by atoms with Crippen molar-refractivity contribution < 1.29 is 18.7 Å². The summed E-state index contributed by atoms with van der Waals surface area (Å²) < 4.78 is 23.3. The SMILES string of the molecule is COc1ccc(C(=O)c2ccc(F)cc2N)c(OC)c1Cl. The summed E-state index contributed by atoms with van der Waals surface area (Å²) in [5, 5.41) is 0.187. The third-order valence-electron chi connectivity index (χ3n) is 2.99. The Morgan fingerprint density at radius 3 is 2.38 bits per heavy atom. The van der Waals surface area contributed by atoms with Crippen molar-refractivity contribution in [2.75, 3.05) is 20.0 Å². The van der Waals surface area contributed by atoms with Gasteiger partial charge in [0.05, 0.1) is 19.8 Å². The monoisotopic (exact) mass is 309 g/mol. The van der Waals surface area contributed by atoms with Crippen LogP contribution in [0.1, 0.15) is 15.9 Å². The van der Waals surface area contributed by atoms with Crippen molar-refractivity contribution in [3.05, 3.63) is 52.3 Å². The number of hydrogen-bond acceptors (Lipinski definition) is 4. The molecule has 6 heteroatoms. The molecular weight excluding hydrogens is 297 g/mol. The van der Waals surface area contributed by atoms with E-state index >= 15 is 0 Å². The molecule has 0 amide bonds. The Balaban J connectivity index is 2.55. The average molecular weight is 310 g/mol. The molecule has 110 valence electrons. The maximum Gasteiger partial charge on any atom is 0.198 e. The normalized spacial score (nSPS) is 10.3. The van der Waals surface area contributed by atoms with Gasteiger partial charge in [0.2, 0.25) is 0 Å². The van der Waals surface area contributed by atoms with E-state index in [0.29, 0.717) is 5.75 Å². The predicted molar refractivity (Wildman–Crippen MR) is 78.8 cm³/mol. The van der Waals surface area contributed by atoms with Crippen molar-refractivity contribution in [1.29, 1.82) is 0 Å². The first-order chi connectivity index (χ1) is 9.99. The van der Waals surface area contributed by atoms with Gasteiger partial charge in [-0.1, -0.05) is 11.6 Å². The number of ketones is 1. The number of anilines is 1. The van der Waals surface area contributed by atoms with Gasteiger partial charge in [-0.3, -0.25) is 4.79 Å². The van der Waals surface area contributed by atoms with Gasteiger partial charge in [-0.05, 0) is 30.3 Å². The second-order valence-electron chi connectivity index (χ2n) is 4.22. The maximum atomic E-state index is 13.1. The van der Waals surface area contributed by atoms with E-state index in [1.165, 1.54) is 32.4 Å². The molecule has 0 aliphatic heterocycles. The van der Waals surface area contributed by atoms with Crippen LogP contribution in [0.5, 0.6) is 11.5 Å². The number of carbonyl (C=O) groups is 1. The van der Waals surface area contributed by atoms with E-state index in [1.807, 2.05) is 0 Å². The van der Waals surface area contributed by atoms with Gasteiger partial charge in [-0.25, -0.2) is 4.39 Å². The molecule has 0 radical (unpaired) electrons. The summed E-state index contributed by atoms with van der Waals surface area (Å²) in [6.45, 7) is 0. The van der Waals surface area contributed by atoms with Crippen molar-refractivity contribution in [2.24, 2.45) is 0 Å². The second-order valence-corrected chi connectivity index (χ2v) is 4.60. The molecule has 0 aromatic heterocycles. The Morgan fingerprint density at radius 2 is 1.81 bits per heavy atom. The zero-order chi connectivity index (χ0) is 15.6. The zero-order valence-electron chi connectivity index (χ0n) is 11.4. The standard InChI is InChI=1S/C15H13ClFNO3/c1-20-12-6-5-10(15(21-2)13(12)16)14(19)9-4-3-8(17)7-11(9)18/h3-7H,18H2,1-2H3. The number of carbonyl (C=O) groups excluding carboxylic acids is 1. The first-order valence-corrected chi connectivity index (χ1v) is 6.37. The number of methoxy groups -OCH3 is 2. The molecule has 2 aromatic rings. The molecule has 0 unspecified atom stereocenters. The van der Waals surface area contributed by atoms with Gasteiger partial charge >= 0.3 is 0 Å². The van der Waals surface area contributed by atoms with Crippen LogP contribution in [0, 0.1) is 5.82 Å². The number of nitrogen functional groups attached to an aromatic ring is 1. The van der Waals surface area contributed by atoms with Gasteiger partial charge < -0.3 is 15.2 Å². The van der Waals surface area contributed by atoms with Crippen LogP contribution in [0.15, 0.2) is 30.3 Å². The lowest BCUT2D eigenvalue weighted by atomic mass is 10.0. The molecule has 2 rings (SSSR count). The lowest BCUT2D eigenvalue weighted by molar-refractivity contribution is 0.103. The van der Waals surface area contributed by atoms with E-state index in [4.69, 9.17) is 26.8 Å². The largest absolute Gasteiger partial charge is 0.495 e. The van der Waals surface area contributed by atoms with Crippen molar-refractivity contribution in [3.8, 4) is 11.5 Å². The first-order valence-electron chi connectivity index (χ1n) is 5.99. The van der Waals surface area contributed by atoms with Gasteiger partial charge in [0.25, 0.3) is 0 Å². The Hall–Kier alpha value is -2.27. The van der Waals surface area contributed by atoms with Crippen molar-refractivity contribution in [3.63, 3.8) is 0 Å². The summed E-state index contributed by atoms with van der Waals surface area (Å²) >= 11 is 6.12. The molecule has 0 aliphatic carbocycles. The van der Waals surface area contributed by atoms with Crippen molar-refractivity contribution in [1.82, 2.24) is 0 Å². The van der Waals surface area contributed by atoms with Crippen LogP contribution in [0.25, 0.3) is 0 Å². The number of ether oxygens (including phenoxy) is 2. The maximum absolute atomic E-state index is 13.1. The van der Waals surface area contributed by atoms with Crippen LogP contribution in [0.3, 0.4) is 0 Å². The molecule has 0 saturated heterocycles. The molecule has 0 atom stereocenters. The van der Waals surface area contributed by atoms with Gasteiger partial charge in [0.1, 0.15) is 16.6 Å². The highest BCUT2D eigenvalue weighted by atomic mass is 35.5. The fraction of sp³-hybridized carbons (Fsp3) is 0.133. The summed E-state index contributed by atoms with van der Waals surface area (Å²) in [6, 6.07) is 6.66. The average Bonchev–Trinajstić information content (AvgIpc) is 2.46. The van der Waals surface area contributed by atoms with E-state index in [9.17, 15) is 9.18 Å². The molecule has 4 nitrogen and oxygen atoms in total. The third kappa shape index (κ3) is 2.78. The molecule has 0 aliphatic rings. The second kappa shape index (κ2) is 6.01. The van der Waals surface area contributed by atoms with Crippen LogP contribution < -0.4 is 15.2 Å². The number of nitrogens with two attached hydrogens (primary N) is 1. The smallest absolute Gasteiger partial charge is 0.198 e. The summed E-state index contributed by atoms with van der Waals surface area (Å²) in [5.74, 6) is -0.348. The summed E-state index contributed by atoms with van der Waals surface area (Å²) in [4.78, 5) is 12.5. The van der Waals surface area contributed by atoms with E-state index in [2.05, 4.69) is 0 Å². The first kappa shape index (κ1) is 15.1. The zero-order valence-corrected chi connectivity index (χ0v) is 12.2. The molecule has 0 heterocycles. The minimum atomic E-state index is -0.510. The molecule has 0 fully saturated rings. The third-order valence-corrected chi connectivity index (χ3v) is 3.35. The fourth-order valence-corrected chi connectivity index (χ4v) is 2.28. The topological polar surface area (TPSA) is 61.5 Å². The highest BCUT2D eigenvalue weighted by Gasteiger charge is 2.21. The Bertz CT molecular complexity index is 704. The van der Waals surface area contributed by atoms with E-state index in [-0.39, 0.29) is 27.6 Å². The van der Waals surface area contributed by atoms with Crippen LogP contribution >= 0.6 is 11.6 Å². The molecular formula is C15H13ClFNO3. The van der Waals surface area contributed by atoms with Crippen molar-refractivity contribution >= 4 is 23.1 Å². The number of benzene rings is 2. The predicted octanol–water partition coefficient (Wildman–Crippen LogP) is 3.31. The quantitative estimate of drug-likeness (QED) is 0.695. The number of rotatable bonds is 4. The lowest BCUT2D eigenvalue weighted by Gasteiger charge is -2.13. The molecule has 2 aromatic carbocycles. The summed E-state index contributed by atoms with van der Waals surface area (Å²) in [7, 11) is 2.85. The van der Waals surface area contributed by atoms with Crippen LogP contribution in [-0.4, -0.2) is 20.0 Å². The van der Waals surface area contributed by atoms with Gasteiger partial charge in [0.15, 0.2) is 11.5 Å². The Kier molecular flexibility index (Phi) is 4.33. The Labute approximate surface area is 126 Å². The highest BCUT2D eigenvalue weighted by molar-refractivity contribution is 6.34. The van der Waals surface area contributed by atoms with Crippen molar-refractivity contribution in [2.45, 2.75) is 0 Å². The Morgan fingerprint density at radius 1 is 1.14 bits per heavy atom. The molecule has 21 heavy (non-hydrogen) atoms. The summed E-state index contributed by atoms with van der Waals surface area (Å²) in [6.07, 6.45) is 0. The van der Waals surface area contributed by atoms with Crippen LogP contribution in [-0.2, 0) is 0 Å². The number of hydrogen-bond donors (Lipinski definition) is 1. The lowest BCUT2D eigenvalue weighted by Crippen LogP contribution is -2.08. The summed E-state index contributed by atoms with van der Waals surface area (Å²) in [5.41, 5.74) is 6.14. The van der Waals surface area contributed by atoms with Gasteiger partial charge in [-0.2, -0.15) is 0 Å². The molecule has 2 N–H and O–H groups in total. The van der Waals surface area contributed by atoms with E-state index < -0.39 is 11.6 Å².